The van der Waals surface area contributed by atoms with Crippen molar-refractivity contribution in [3.8, 4) is 16.9 Å². The molecular formula is C24H25NO2. The molecule has 1 fully saturated rings. The Bertz CT molecular complexity index is 947. The van der Waals surface area contributed by atoms with Gasteiger partial charge in [0.2, 0.25) is 0 Å². The van der Waals surface area contributed by atoms with Crippen LogP contribution < -0.4 is 0 Å². The van der Waals surface area contributed by atoms with Gasteiger partial charge in [-0.25, -0.2) is 4.79 Å². The highest BCUT2D eigenvalue weighted by Crippen LogP contribution is 2.34. The maximum absolute atomic E-state index is 11.3. The lowest BCUT2D eigenvalue weighted by atomic mass is 9.84. The molecule has 1 aromatic heterocycles. The van der Waals surface area contributed by atoms with Crippen LogP contribution in [0, 0.1) is 6.92 Å². The van der Waals surface area contributed by atoms with E-state index in [1.54, 1.807) is 18.2 Å². The Morgan fingerprint density at radius 2 is 1.70 bits per heavy atom. The van der Waals surface area contributed by atoms with Gasteiger partial charge in [-0.2, -0.15) is 0 Å². The molecule has 27 heavy (non-hydrogen) atoms. The summed E-state index contributed by atoms with van der Waals surface area (Å²) in [6.45, 7) is 2.05. The number of aromatic carboxylic acids is 1. The smallest absolute Gasteiger partial charge is 0.335 e. The molecule has 0 radical (unpaired) electrons. The fraction of sp³-hybridized carbons (Fsp3) is 0.292. The minimum atomic E-state index is -0.903. The predicted molar refractivity (Wildman–Crippen MR) is 109 cm³/mol. The van der Waals surface area contributed by atoms with Gasteiger partial charge in [-0.3, -0.25) is 0 Å². The Morgan fingerprint density at radius 3 is 2.41 bits per heavy atom. The first-order valence-corrected chi connectivity index (χ1v) is 9.76. The number of carboxylic acid groups (broad SMARTS) is 1. The van der Waals surface area contributed by atoms with Crippen molar-refractivity contribution in [2.45, 2.75) is 44.9 Å². The Balaban J connectivity index is 1.69. The Labute approximate surface area is 160 Å². The van der Waals surface area contributed by atoms with E-state index in [0.29, 0.717) is 11.5 Å². The van der Waals surface area contributed by atoms with Crippen LogP contribution in [0.2, 0.25) is 0 Å². The van der Waals surface area contributed by atoms with Crippen LogP contribution in [0.5, 0.6) is 0 Å². The summed E-state index contributed by atoms with van der Waals surface area (Å²) >= 11 is 0. The lowest BCUT2D eigenvalue weighted by Crippen LogP contribution is -2.04. The number of aryl methyl sites for hydroxylation is 1. The number of benzene rings is 2. The summed E-state index contributed by atoms with van der Waals surface area (Å²) < 4.78 is 2.13. The van der Waals surface area contributed by atoms with Crippen molar-refractivity contribution >= 4 is 5.97 Å². The van der Waals surface area contributed by atoms with Crippen molar-refractivity contribution in [2.75, 3.05) is 0 Å². The largest absolute Gasteiger partial charge is 0.478 e. The molecule has 2 aromatic carbocycles. The Morgan fingerprint density at radius 1 is 0.963 bits per heavy atom. The molecule has 1 N–H and O–H groups in total. The lowest BCUT2D eigenvalue weighted by molar-refractivity contribution is 0.0697. The van der Waals surface area contributed by atoms with Crippen molar-refractivity contribution in [3.05, 3.63) is 77.5 Å². The third-order valence-corrected chi connectivity index (χ3v) is 5.71. The van der Waals surface area contributed by atoms with Crippen molar-refractivity contribution < 1.29 is 9.90 Å². The zero-order valence-corrected chi connectivity index (χ0v) is 15.7. The number of nitrogens with zero attached hydrogens (tertiary/aromatic N) is 1. The Hall–Kier alpha value is -2.81. The van der Waals surface area contributed by atoms with Gasteiger partial charge in [-0.1, -0.05) is 49.6 Å². The van der Waals surface area contributed by atoms with Gasteiger partial charge in [0, 0.05) is 11.4 Å². The molecule has 3 aromatic rings. The van der Waals surface area contributed by atoms with E-state index in [1.165, 1.54) is 37.7 Å². The summed E-state index contributed by atoms with van der Waals surface area (Å²) in [5.74, 6) is -0.200. The molecule has 0 amide bonds. The molecule has 0 spiro atoms. The molecule has 0 aliphatic heterocycles. The predicted octanol–water partition coefficient (Wildman–Crippen LogP) is 6.20. The summed E-state index contributed by atoms with van der Waals surface area (Å²) in [5, 5.41) is 9.31. The fourth-order valence-corrected chi connectivity index (χ4v) is 4.25. The van der Waals surface area contributed by atoms with Gasteiger partial charge in [0.25, 0.3) is 0 Å². The highest BCUT2D eigenvalue weighted by atomic mass is 16.4. The molecule has 1 saturated carbocycles. The van der Waals surface area contributed by atoms with Crippen LogP contribution >= 0.6 is 0 Å². The summed E-state index contributed by atoms with van der Waals surface area (Å²) in [4.78, 5) is 11.3. The number of aromatic nitrogens is 1. The van der Waals surface area contributed by atoms with E-state index in [9.17, 15) is 9.90 Å². The minimum absolute atomic E-state index is 0.305. The first-order valence-electron chi connectivity index (χ1n) is 9.76. The standard InChI is InChI=1S/C24H25NO2/c1-17-10-15-23(25(17)22-9-5-8-21(16-22)24(26)27)20-13-11-19(12-14-20)18-6-3-2-4-7-18/h5,8-16,18H,2-4,6-7H2,1H3,(H,26,27). The van der Waals surface area contributed by atoms with E-state index in [-0.39, 0.29) is 0 Å². The third kappa shape index (κ3) is 3.55. The maximum Gasteiger partial charge on any atom is 0.335 e. The molecule has 3 nitrogen and oxygen atoms in total. The molecule has 0 atom stereocenters. The van der Waals surface area contributed by atoms with Crippen molar-refractivity contribution in [1.29, 1.82) is 0 Å². The molecule has 0 unspecified atom stereocenters. The van der Waals surface area contributed by atoms with E-state index >= 15 is 0 Å². The first kappa shape index (κ1) is 17.6. The van der Waals surface area contributed by atoms with Gasteiger partial charge < -0.3 is 9.67 Å². The quantitative estimate of drug-likeness (QED) is 0.603. The third-order valence-electron chi connectivity index (χ3n) is 5.71. The average molecular weight is 359 g/mol. The van der Waals surface area contributed by atoms with E-state index in [2.05, 4.69) is 41.0 Å². The lowest BCUT2D eigenvalue weighted by Gasteiger charge is -2.22. The maximum atomic E-state index is 11.3. The molecule has 1 heterocycles. The van der Waals surface area contributed by atoms with Gasteiger partial charge in [-0.15, -0.1) is 0 Å². The Kier molecular flexibility index (Phi) is 4.85. The number of rotatable bonds is 4. The van der Waals surface area contributed by atoms with Crippen molar-refractivity contribution in [1.82, 2.24) is 4.57 Å². The molecule has 1 aliphatic carbocycles. The topological polar surface area (TPSA) is 42.2 Å². The molecule has 138 valence electrons. The second kappa shape index (κ2) is 7.43. The normalized spacial score (nSPS) is 15.0. The van der Waals surface area contributed by atoms with E-state index in [0.717, 1.165) is 22.6 Å². The average Bonchev–Trinajstić information content (AvgIpc) is 3.10. The van der Waals surface area contributed by atoms with Crippen LogP contribution in [0.4, 0.5) is 0 Å². The van der Waals surface area contributed by atoms with Crippen LogP contribution in [0.15, 0.2) is 60.7 Å². The molecule has 0 bridgehead atoms. The zero-order chi connectivity index (χ0) is 18.8. The number of carbonyl (C=O) groups is 1. The molecule has 0 saturated heterocycles. The van der Waals surface area contributed by atoms with Gasteiger partial charge in [0.05, 0.1) is 11.3 Å². The van der Waals surface area contributed by atoms with Crippen molar-refractivity contribution in [2.24, 2.45) is 0 Å². The van der Waals surface area contributed by atoms with Crippen LogP contribution in [-0.4, -0.2) is 15.6 Å². The summed E-state index contributed by atoms with van der Waals surface area (Å²) in [7, 11) is 0. The van der Waals surface area contributed by atoms with E-state index in [1.807, 2.05) is 13.0 Å². The number of hydrogen-bond donors (Lipinski definition) is 1. The van der Waals surface area contributed by atoms with Crippen molar-refractivity contribution in [3.63, 3.8) is 0 Å². The SMILES string of the molecule is Cc1ccc(-c2ccc(C3CCCCC3)cc2)n1-c1cccc(C(=O)O)c1. The molecule has 4 rings (SSSR count). The highest BCUT2D eigenvalue weighted by Gasteiger charge is 2.16. The summed E-state index contributed by atoms with van der Waals surface area (Å²) in [6, 6.07) is 20.3. The first-order chi connectivity index (χ1) is 13.1. The van der Waals surface area contributed by atoms with Crippen LogP contribution in [0.1, 0.15) is 59.6 Å². The highest BCUT2D eigenvalue weighted by molar-refractivity contribution is 5.88. The van der Waals surface area contributed by atoms with E-state index < -0.39 is 5.97 Å². The molecule has 3 heteroatoms. The number of hydrogen-bond acceptors (Lipinski definition) is 1. The van der Waals surface area contributed by atoms with Gasteiger partial charge in [-0.05, 0) is 67.1 Å². The van der Waals surface area contributed by atoms with Crippen LogP contribution in [0.25, 0.3) is 16.9 Å². The van der Waals surface area contributed by atoms with Crippen LogP contribution in [-0.2, 0) is 0 Å². The second-order valence-electron chi connectivity index (χ2n) is 7.51. The zero-order valence-electron chi connectivity index (χ0n) is 15.7. The summed E-state index contributed by atoms with van der Waals surface area (Å²) in [5.41, 5.74) is 5.96. The molecular weight excluding hydrogens is 334 g/mol. The fourth-order valence-electron chi connectivity index (χ4n) is 4.25. The summed E-state index contributed by atoms with van der Waals surface area (Å²) in [6.07, 6.45) is 6.66. The van der Waals surface area contributed by atoms with Gasteiger partial charge in [0.1, 0.15) is 0 Å². The second-order valence-corrected chi connectivity index (χ2v) is 7.51. The molecule has 1 aliphatic rings. The van der Waals surface area contributed by atoms with Gasteiger partial charge >= 0.3 is 5.97 Å². The van der Waals surface area contributed by atoms with E-state index in [4.69, 9.17) is 0 Å². The van der Waals surface area contributed by atoms with Crippen LogP contribution in [0.3, 0.4) is 0 Å². The minimum Gasteiger partial charge on any atom is -0.478 e. The van der Waals surface area contributed by atoms with Gasteiger partial charge in [0.15, 0.2) is 0 Å². The monoisotopic (exact) mass is 359 g/mol. The number of carboxylic acids is 1.